The van der Waals surface area contributed by atoms with Crippen molar-refractivity contribution in [3.05, 3.63) is 113 Å². The zero-order valence-corrected chi connectivity index (χ0v) is 14.1. The topological polar surface area (TPSA) is 0 Å². The molecular weight excluding hydrogens is 276 g/mol. The molecule has 0 nitrogen and oxygen atoms in total. The van der Waals surface area contributed by atoms with Crippen molar-refractivity contribution < 1.29 is 0 Å². The molecule has 0 fully saturated rings. The summed E-state index contributed by atoms with van der Waals surface area (Å²) in [5.74, 6) is 0. The predicted molar refractivity (Wildman–Crippen MR) is 98.8 cm³/mol. The fourth-order valence-electron chi connectivity index (χ4n) is 3.01. The maximum Gasteiger partial charge on any atom is 0.0451 e. The largest absolute Gasteiger partial charge is 0.0590 e. The minimum atomic E-state index is -0.394. The summed E-state index contributed by atoms with van der Waals surface area (Å²) in [6, 6.07) is 26.2. The molecule has 0 atom stereocenters. The SMILES string of the molecule is [CH2]C(c1ccc(C)cc1)(c1ccc(C)cc1)c1ccc(C)cc1. The lowest BCUT2D eigenvalue weighted by molar-refractivity contribution is 0.772. The van der Waals surface area contributed by atoms with E-state index in [0.717, 1.165) is 0 Å². The van der Waals surface area contributed by atoms with E-state index in [1.807, 2.05) is 0 Å². The Morgan fingerprint density at radius 3 is 0.913 bits per heavy atom. The van der Waals surface area contributed by atoms with E-state index in [9.17, 15) is 0 Å². The van der Waals surface area contributed by atoms with Gasteiger partial charge in [0.25, 0.3) is 0 Å². The highest BCUT2D eigenvalue weighted by Crippen LogP contribution is 2.38. The summed E-state index contributed by atoms with van der Waals surface area (Å²) in [7, 11) is 0. The summed E-state index contributed by atoms with van der Waals surface area (Å²) in [5.41, 5.74) is 7.06. The molecule has 0 saturated carbocycles. The van der Waals surface area contributed by atoms with E-state index in [1.165, 1.54) is 33.4 Å². The Morgan fingerprint density at radius 2 is 0.696 bits per heavy atom. The van der Waals surface area contributed by atoms with Crippen LogP contribution >= 0.6 is 0 Å². The minimum Gasteiger partial charge on any atom is -0.0590 e. The van der Waals surface area contributed by atoms with Crippen molar-refractivity contribution in [2.45, 2.75) is 26.2 Å². The third-order valence-electron chi connectivity index (χ3n) is 4.63. The molecule has 0 heteroatoms. The van der Waals surface area contributed by atoms with Gasteiger partial charge >= 0.3 is 0 Å². The summed E-state index contributed by atoms with van der Waals surface area (Å²) in [4.78, 5) is 0. The summed E-state index contributed by atoms with van der Waals surface area (Å²) in [5, 5.41) is 0. The van der Waals surface area contributed by atoms with Crippen molar-refractivity contribution in [3.63, 3.8) is 0 Å². The second-order valence-electron chi connectivity index (χ2n) is 6.50. The second-order valence-corrected chi connectivity index (χ2v) is 6.50. The van der Waals surface area contributed by atoms with Gasteiger partial charge in [-0.05, 0) is 44.4 Å². The van der Waals surface area contributed by atoms with E-state index >= 15 is 0 Å². The van der Waals surface area contributed by atoms with Crippen LogP contribution in [-0.2, 0) is 5.41 Å². The first-order valence-electron chi connectivity index (χ1n) is 8.07. The highest BCUT2D eigenvalue weighted by molar-refractivity contribution is 5.52. The first-order valence-corrected chi connectivity index (χ1v) is 8.07. The molecule has 0 aliphatic carbocycles. The summed E-state index contributed by atoms with van der Waals surface area (Å²) >= 11 is 0. The van der Waals surface area contributed by atoms with Crippen LogP contribution in [0.1, 0.15) is 33.4 Å². The van der Waals surface area contributed by atoms with Crippen molar-refractivity contribution in [2.75, 3.05) is 0 Å². The molecule has 3 aromatic rings. The molecular formula is C23H23. The van der Waals surface area contributed by atoms with Crippen molar-refractivity contribution in [2.24, 2.45) is 0 Å². The second kappa shape index (κ2) is 6.04. The summed E-state index contributed by atoms with van der Waals surface area (Å²) < 4.78 is 0. The van der Waals surface area contributed by atoms with Crippen LogP contribution in [0, 0.1) is 27.7 Å². The first-order chi connectivity index (χ1) is 11.0. The molecule has 0 spiro atoms. The average molecular weight is 299 g/mol. The monoisotopic (exact) mass is 299 g/mol. The molecule has 0 aliphatic heterocycles. The number of benzene rings is 3. The molecule has 0 aromatic heterocycles. The van der Waals surface area contributed by atoms with Gasteiger partial charge in [-0.3, -0.25) is 0 Å². The molecule has 0 amide bonds. The Bertz CT molecular complexity index is 664. The van der Waals surface area contributed by atoms with Crippen LogP contribution in [0.5, 0.6) is 0 Å². The summed E-state index contributed by atoms with van der Waals surface area (Å²) in [6.45, 7) is 11.0. The third-order valence-corrected chi connectivity index (χ3v) is 4.63. The molecule has 0 unspecified atom stereocenters. The van der Waals surface area contributed by atoms with Gasteiger partial charge in [0.15, 0.2) is 0 Å². The van der Waals surface area contributed by atoms with E-state index in [0.29, 0.717) is 0 Å². The van der Waals surface area contributed by atoms with Gasteiger partial charge in [-0.1, -0.05) is 89.5 Å². The average Bonchev–Trinajstić information content (AvgIpc) is 2.56. The molecule has 1 radical (unpaired) electrons. The lowest BCUT2D eigenvalue weighted by Gasteiger charge is -2.32. The molecule has 0 heterocycles. The van der Waals surface area contributed by atoms with Crippen molar-refractivity contribution in [1.82, 2.24) is 0 Å². The van der Waals surface area contributed by atoms with E-state index < -0.39 is 5.41 Å². The van der Waals surface area contributed by atoms with Gasteiger partial charge in [-0.25, -0.2) is 0 Å². The van der Waals surface area contributed by atoms with Crippen molar-refractivity contribution >= 4 is 0 Å². The molecule has 0 saturated heterocycles. The van der Waals surface area contributed by atoms with Crippen LogP contribution in [0.2, 0.25) is 0 Å². The zero-order chi connectivity index (χ0) is 16.4. The van der Waals surface area contributed by atoms with Gasteiger partial charge in [-0.15, -0.1) is 0 Å². The summed E-state index contributed by atoms with van der Waals surface area (Å²) in [6.07, 6.45) is 0. The normalized spacial score (nSPS) is 11.5. The van der Waals surface area contributed by atoms with E-state index in [1.54, 1.807) is 0 Å². The zero-order valence-electron chi connectivity index (χ0n) is 14.1. The molecule has 0 N–H and O–H groups in total. The molecule has 3 aromatic carbocycles. The Balaban J connectivity index is 2.21. The Kier molecular flexibility index (Phi) is 4.09. The number of rotatable bonds is 3. The molecule has 0 bridgehead atoms. The smallest absolute Gasteiger partial charge is 0.0451 e. The molecule has 23 heavy (non-hydrogen) atoms. The maximum absolute atomic E-state index is 4.67. The maximum atomic E-state index is 4.67. The lowest BCUT2D eigenvalue weighted by atomic mass is 9.71. The first kappa shape index (κ1) is 15.6. The van der Waals surface area contributed by atoms with E-state index in [-0.39, 0.29) is 0 Å². The van der Waals surface area contributed by atoms with Crippen LogP contribution in [0.3, 0.4) is 0 Å². The lowest BCUT2D eigenvalue weighted by Crippen LogP contribution is -2.25. The van der Waals surface area contributed by atoms with Gasteiger partial charge in [0.05, 0.1) is 0 Å². The minimum absolute atomic E-state index is 0.394. The Hall–Kier alpha value is -2.34. The van der Waals surface area contributed by atoms with E-state index in [4.69, 9.17) is 0 Å². The molecule has 3 rings (SSSR count). The number of hydrogen-bond acceptors (Lipinski definition) is 0. The van der Waals surface area contributed by atoms with Gasteiger partial charge in [0.1, 0.15) is 0 Å². The molecule has 115 valence electrons. The van der Waals surface area contributed by atoms with Gasteiger partial charge < -0.3 is 0 Å². The van der Waals surface area contributed by atoms with Gasteiger partial charge in [-0.2, -0.15) is 0 Å². The Morgan fingerprint density at radius 1 is 0.478 bits per heavy atom. The third kappa shape index (κ3) is 2.94. The quantitative estimate of drug-likeness (QED) is 0.538. The fourth-order valence-corrected chi connectivity index (χ4v) is 3.01. The van der Waals surface area contributed by atoms with Gasteiger partial charge in [0.2, 0.25) is 0 Å². The van der Waals surface area contributed by atoms with Crippen LogP contribution < -0.4 is 0 Å². The highest BCUT2D eigenvalue weighted by Gasteiger charge is 2.31. The highest BCUT2D eigenvalue weighted by atomic mass is 14.3. The van der Waals surface area contributed by atoms with Crippen LogP contribution in [0.25, 0.3) is 0 Å². The predicted octanol–water partition coefficient (Wildman–Crippen LogP) is 5.78. The van der Waals surface area contributed by atoms with Crippen LogP contribution in [0.4, 0.5) is 0 Å². The van der Waals surface area contributed by atoms with Crippen molar-refractivity contribution in [1.29, 1.82) is 0 Å². The van der Waals surface area contributed by atoms with Crippen LogP contribution in [-0.4, -0.2) is 0 Å². The van der Waals surface area contributed by atoms with Crippen molar-refractivity contribution in [3.8, 4) is 0 Å². The van der Waals surface area contributed by atoms with Crippen LogP contribution in [0.15, 0.2) is 72.8 Å². The van der Waals surface area contributed by atoms with Gasteiger partial charge in [0, 0.05) is 5.41 Å². The Labute approximate surface area is 139 Å². The molecule has 0 aliphatic rings. The standard InChI is InChI=1S/C23H23/c1-17-5-11-20(12-6-17)23(4,21-13-7-18(2)8-14-21)22-15-9-19(3)10-16-22/h5-16H,4H2,1-3H3. The number of hydrogen-bond donors (Lipinski definition) is 0. The fraction of sp³-hybridized carbons (Fsp3) is 0.174. The number of aryl methyl sites for hydroxylation is 3. The van der Waals surface area contributed by atoms with E-state index in [2.05, 4.69) is 100 Å².